The Morgan fingerprint density at radius 3 is 2.41 bits per heavy atom. The standard InChI is InChI=1S/C18H26N2O5S2/c1-4-25-18(22)13-26-12-17(21)19-7-9-20(10-8-19)27(23,24)16-11-14(2)5-6-15(16)3/h5-6,11H,4,7-10,12-13H2,1-3H3. The summed E-state index contributed by atoms with van der Waals surface area (Å²) in [6, 6.07) is 5.38. The number of thioether (sulfide) groups is 1. The Labute approximate surface area is 165 Å². The van der Waals surface area contributed by atoms with Crippen LogP contribution in [0.3, 0.4) is 0 Å². The molecule has 1 heterocycles. The van der Waals surface area contributed by atoms with Gasteiger partial charge in [-0.05, 0) is 38.0 Å². The SMILES string of the molecule is CCOC(=O)CSCC(=O)N1CCN(S(=O)(=O)c2cc(C)ccc2C)CC1. The first kappa shape index (κ1) is 21.7. The average Bonchev–Trinajstić information content (AvgIpc) is 2.64. The molecule has 1 aromatic carbocycles. The lowest BCUT2D eigenvalue weighted by atomic mass is 10.2. The van der Waals surface area contributed by atoms with Crippen molar-refractivity contribution < 1.29 is 22.7 Å². The number of carbonyl (C=O) groups is 2. The van der Waals surface area contributed by atoms with Gasteiger partial charge in [-0.15, -0.1) is 11.8 Å². The second kappa shape index (κ2) is 9.57. The third-order valence-corrected chi connectivity index (χ3v) is 7.24. The average molecular weight is 415 g/mol. The highest BCUT2D eigenvalue weighted by molar-refractivity contribution is 8.00. The summed E-state index contributed by atoms with van der Waals surface area (Å²) < 4.78 is 32.1. The number of nitrogens with zero attached hydrogens (tertiary/aromatic N) is 2. The highest BCUT2D eigenvalue weighted by Gasteiger charge is 2.31. The van der Waals surface area contributed by atoms with Gasteiger partial charge in [0, 0.05) is 26.2 Å². The van der Waals surface area contributed by atoms with Gasteiger partial charge in [-0.2, -0.15) is 4.31 Å². The summed E-state index contributed by atoms with van der Waals surface area (Å²) >= 11 is 1.21. The molecule has 0 spiro atoms. The van der Waals surface area contributed by atoms with E-state index in [4.69, 9.17) is 4.74 Å². The monoisotopic (exact) mass is 414 g/mol. The molecule has 0 aromatic heterocycles. The molecule has 0 atom stereocenters. The number of hydrogen-bond acceptors (Lipinski definition) is 6. The van der Waals surface area contributed by atoms with Crippen molar-refractivity contribution in [2.24, 2.45) is 0 Å². The molecule has 1 aliphatic rings. The summed E-state index contributed by atoms with van der Waals surface area (Å²) in [7, 11) is -3.57. The van der Waals surface area contributed by atoms with Gasteiger partial charge in [-0.1, -0.05) is 12.1 Å². The minimum atomic E-state index is -3.57. The van der Waals surface area contributed by atoms with Crippen LogP contribution in [0.2, 0.25) is 0 Å². The molecule has 0 bridgehead atoms. The van der Waals surface area contributed by atoms with E-state index in [-0.39, 0.29) is 36.5 Å². The van der Waals surface area contributed by atoms with Crippen LogP contribution in [0.4, 0.5) is 0 Å². The zero-order valence-corrected chi connectivity index (χ0v) is 17.6. The van der Waals surface area contributed by atoms with Gasteiger partial charge < -0.3 is 9.64 Å². The number of aryl methyl sites for hydroxylation is 2. The predicted molar refractivity (Wildman–Crippen MR) is 105 cm³/mol. The van der Waals surface area contributed by atoms with Gasteiger partial charge in [0.05, 0.1) is 23.0 Å². The zero-order valence-electron chi connectivity index (χ0n) is 15.9. The Kier molecular flexibility index (Phi) is 7.69. The van der Waals surface area contributed by atoms with Crippen molar-refractivity contribution in [1.82, 2.24) is 9.21 Å². The molecule has 150 valence electrons. The van der Waals surface area contributed by atoms with Crippen molar-refractivity contribution in [3.8, 4) is 0 Å². The molecule has 27 heavy (non-hydrogen) atoms. The number of carbonyl (C=O) groups excluding carboxylic acids is 2. The molecule has 0 N–H and O–H groups in total. The zero-order chi connectivity index (χ0) is 20.0. The quantitative estimate of drug-likeness (QED) is 0.628. The van der Waals surface area contributed by atoms with Crippen molar-refractivity contribution in [3.63, 3.8) is 0 Å². The van der Waals surface area contributed by atoms with Crippen LogP contribution in [0.5, 0.6) is 0 Å². The van der Waals surface area contributed by atoms with Crippen LogP contribution >= 0.6 is 11.8 Å². The van der Waals surface area contributed by atoms with E-state index in [9.17, 15) is 18.0 Å². The summed E-state index contributed by atoms with van der Waals surface area (Å²) in [5.41, 5.74) is 1.61. The molecule has 1 aliphatic heterocycles. The maximum absolute atomic E-state index is 12.9. The number of sulfonamides is 1. The highest BCUT2D eigenvalue weighted by atomic mass is 32.2. The Hall–Kier alpha value is -1.58. The molecule has 7 nitrogen and oxygen atoms in total. The fraction of sp³-hybridized carbons (Fsp3) is 0.556. The lowest BCUT2D eigenvalue weighted by molar-refractivity contribution is -0.139. The highest BCUT2D eigenvalue weighted by Crippen LogP contribution is 2.22. The molecule has 0 unspecified atom stereocenters. The molecule has 1 fully saturated rings. The van der Waals surface area contributed by atoms with Crippen LogP contribution in [0.25, 0.3) is 0 Å². The fourth-order valence-electron chi connectivity index (χ4n) is 2.82. The summed E-state index contributed by atoms with van der Waals surface area (Å²) in [6.07, 6.45) is 0. The molecule has 9 heteroatoms. The van der Waals surface area contributed by atoms with Crippen LogP contribution in [0, 0.1) is 13.8 Å². The summed E-state index contributed by atoms with van der Waals surface area (Å²) in [5, 5.41) is 0. The molecule has 1 aromatic rings. The lowest BCUT2D eigenvalue weighted by Gasteiger charge is -2.34. The number of ether oxygens (including phenoxy) is 1. The third-order valence-electron chi connectivity index (χ3n) is 4.30. The fourth-order valence-corrected chi connectivity index (χ4v) is 5.26. The van der Waals surface area contributed by atoms with E-state index in [0.29, 0.717) is 24.6 Å². The molecule has 1 amide bonds. The van der Waals surface area contributed by atoms with E-state index in [1.165, 1.54) is 16.1 Å². The van der Waals surface area contributed by atoms with Crippen molar-refractivity contribution in [1.29, 1.82) is 0 Å². The Balaban J connectivity index is 1.90. The van der Waals surface area contributed by atoms with Gasteiger partial charge in [0.25, 0.3) is 0 Å². The first-order chi connectivity index (χ1) is 12.8. The number of hydrogen-bond donors (Lipinski definition) is 0. The Bertz CT molecular complexity index is 787. The first-order valence-electron chi connectivity index (χ1n) is 8.84. The van der Waals surface area contributed by atoms with Crippen molar-refractivity contribution >= 4 is 33.7 Å². The minimum absolute atomic E-state index is 0.0897. The van der Waals surface area contributed by atoms with Crippen molar-refractivity contribution in [3.05, 3.63) is 29.3 Å². The van der Waals surface area contributed by atoms with Crippen LogP contribution in [-0.2, 0) is 24.3 Å². The molecule has 1 saturated heterocycles. The van der Waals surface area contributed by atoms with Gasteiger partial charge in [-0.25, -0.2) is 8.42 Å². The molecule has 0 saturated carbocycles. The van der Waals surface area contributed by atoms with Crippen molar-refractivity contribution in [2.45, 2.75) is 25.7 Å². The van der Waals surface area contributed by atoms with Crippen LogP contribution < -0.4 is 0 Å². The van der Waals surface area contributed by atoms with Crippen LogP contribution in [0.1, 0.15) is 18.1 Å². The normalized spacial score (nSPS) is 15.6. The van der Waals surface area contributed by atoms with E-state index >= 15 is 0 Å². The molecule has 2 rings (SSSR count). The Morgan fingerprint density at radius 2 is 1.78 bits per heavy atom. The summed E-state index contributed by atoms with van der Waals surface area (Å²) in [5.74, 6) is -0.101. The lowest BCUT2D eigenvalue weighted by Crippen LogP contribution is -2.51. The predicted octanol–water partition coefficient (Wildman–Crippen LogP) is 1.43. The number of benzene rings is 1. The number of rotatable bonds is 7. The minimum Gasteiger partial charge on any atom is -0.465 e. The number of piperazine rings is 1. The topological polar surface area (TPSA) is 84.0 Å². The molecule has 0 aliphatic carbocycles. The van der Waals surface area contributed by atoms with Crippen LogP contribution in [-0.4, -0.2) is 73.8 Å². The van der Waals surface area contributed by atoms with Gasteiger partial charge in [0.15, 0.2) is 0 Å². The van der Waals surface area contributed by atoms with Gasteiger partial charge in [0.1, 0.15) is 0 Å². The van der Waals surface area contributed by atoms with E-state index in [2.05, 4.69) is 0 Å². The molecular weight excluding hydrogens is 388 g/mol. The third kappa shape index (κ3) is 5.70. The van der Waals surface area contributed by atoms with Gasteiger partial charge in [-0.3, -0.25) is 9.59 Å². The van der Waals surface area contributed by atoms with Crippen LogP contribution in [0.15, 0.2) is 23.1 Å². The summed E-state index contributed by atoms with van der Waals surface area (Å²) in [4.78, 5) is 25.5. The van der Waals surface area contributed by atoms with E-state index in [1.807, 2.05) is 19.1 Å². The Morgan fingerprint density at radius 1 is 1.11 bits per heavy atom. The molecule has 0 radical (unpaired) electrons. The number of amides is 1. The smallest absolute Gasteiger partial charge is 0.315 e. The largest absolute Gasteiger partial charge is 0.465 e. The first-order valence-corrected chi connectivity index (χ1v) is 11.4. The van der Waals surface area contributed by atoms with Crippen molar-refractivity contribution in [2.75, 3.05) is 44.3 Å². The van der Waals surface area contributed by atoms with E-state index in [1.54, 1.807) is 24.8 Å². The maximum atomic E-state index is 12.9. The van der Waals surface area contributed by atoms with Gasteiger partial charge in [0.2, 0.25) is 15.9 Å². The second-order valence-electron chi connectivity index (χ2n) is 6.35. The second-order valence-corrected chi connectivity index (χ2v) is 9.24. The van der Waals surface area contributed by atoms with E-state index in [0.717, 1.165) is 11.1 Å². The maximum Gasteiger partial charge on any atom is 0.315 e. The van der Waals surface area contributed by atoms with Gasteiger partial charge >= 0.3 is 5.97 Å². The molecular formula is C18H26N2O5S2. The summed E-state index contributed by atoms with van der Waals surface area (Å²) in [6.45, 7) is 6.94. The van der Waals surface area contributed by atoms with E-state index < -0.39 is 10.0 Å². The number of esters is 1.